The summed E-state index contributed by atoms with van der Waals surface area (Å²) in [7, 11) is 1.95. The zero-order chi connectivity index (χ0) is 17.8. The van der Waals surface area contributed by atoms with Gasteiger partial charge in [-0.25, -0.2) is 4.79 Å². The molecule has 1 aliphatic heterocycles. The number of amides is 3. The Balaban J connectivity index is 1.75. The molecule has 7 heteroatoms. The average molecular weight is 341 g/mol. The topological polar surface area (TPSA) is 93.2 Å². The van der Waals surface area contributed by atoms with Crippen molar-refractivity contribution in [2.75, 3.05) is 13.1 Å². The van der Waals surface area contributed by atoms with E-state index in [1.165, 1.54) is 5.69 Å². The Labute approximate surface area is 146 Å². The van der Waals surface area contributed by atoms with Gasteiger partial charge < -0.3 is 5.73 Å². The lowest BCUT2D eigenvalue weighted by Crippen LogP contribution is -2.47. The molecule has 1 aromatic heterocycles. The summed E-state index contributed by atoms with van der Waals surface area (Å²) in [5, 5.41) is 6.47. The van der Waals surface area contributed by atoms with Crippen molar-refractivity contribution in [2.45, 2.75) is 24.8 Å². The Morgan fingerprint density at radius 3 is 2.44 bits per heavy atom. The SMILES string of the molecule is Cn1nccc1C1CCN([C@@H](C(=O)NC(N)=O)c2ccccc2)CC1. The van der Waals surface area contributed by atoms with Crippen molar-refractivity contribution in [3.8, 4) is 0 Å². The number of primary amides is 1. The fraction of sp³-hybridized carbons (Fsp3) is 0.389. The van der Waals surface area contributed by atoms with E-state index in [2.05, 4.69) is 21.4 Å². The largest absolute Gasteiger partial charge is 0.351 e. The molecule has 0 unspecified atom stereocenters. The summed E-state index contributed by atoms with van der Waals surface area (Å²) in [5.74, 6) is 0.0528. The summed E-state index contributed by atoms with van der Waals surface area (Å²) in [6.07, 6.45) is 3.69. The molecule has 25 heavy (non-hydrogen) atoms. The molecule has 3 N–H and O–H groups in total. The molecule has 0 bridgehead atoms. The molecule has 1 aromatic carbocycles. The second kappa shape index (κ2) is 7.48. The number of rotatable bonds is 4. The Morgan fingerprint density at radius 1 is 1.20 bits per heavy atom. The van der Waals surface area contributed by atoms with E-state index in [0.717, 1.165) is 31.5 Å². The number of carbonyl (C=O) groups is 2. The molecule has 1 fully saturated rings. The maximum absolute atomic E-state index is 12.5. The first-order chi connectivity index (χ1) is 12.1. The first-order valence-electron chi connectivity index (χ1n) is 8.43. The van der Waals surface area contributed by atoms with E-state index in [4.69, 9.17) is 5.73 Å². The van der Waals surface area contributed by atoms with E-state index in [-0.39, 0.29) is 5.91 Å². The number of imide groups is 1. The van der Waals surface area contributed by atoms with Crippen LogP contribution in [0.1, 0.15) is 36.1 Å². The highest BCUT2D eigenvalue weighted by Gasteiger charge is 2.32. The molecule has 1 atom stereocenters. The van der Waals surface area contributed by atoms with Crippen LogP contribution in [0.25, 0.3) is 0 Å². The van der Waals surface area contributed by atoms with Gasteiger partial charge in [-0.05, 0) is 37.6 Å². The van der Waals surface area contributed by atoms with Gasteiger partial charge in [0.1, 0.15) is 6.04 Å². The molecule has 0 spiro atoms. The number of hydrogen-bond donors (Lipinski definition) is 2. The van der Waals surface area contributed by atoms with Crippen LogP contribution in [0.15, 0.2) is 42.6 Å². The molecule has 2 aromatic rings. The van der Waals surface area contributed by atoms with Gasteiger partial charge in [0.25, 0.3) is 0 Å². The number of likely N-dealkylation sites (tertiary alicyclic amines) is 1. The van der Waals surface area contributed by atoms with E-state index in [9.17, 15) is 9.59 Å². The molecular formula is C18H23N5O2. The van der Waals surface area contributed by atoms with Crippen LogP contribution in [-0.4, -0.2) is 39.7 Å². The fourth-order valence-electron chi connectivity index (χ4n) is 3.59. The smallest absolute Gasteiger partial charge is 0.318 e. The first kappa shape index (κ1) is 17.2. The molecule has 1 saturated heterocycles. The predicted molar refractivity (Wildman–Crippen MR) is 93.7 cm³/mol. The second-order valence-electron chi connectivity index (χ2n) is 6.36. The summed E-state index contributed by atoms with van der Waals surface area (Å²) in [6.45, 7) is 1.53. The van der Waals surface area contributed by atoms with E-state index >= 15 is 0 Å². The van der Waals surface area contributed by atoms with Crippen molar-refractivity contribution in [3.63, 3.8) is 0 Å². The monoisotopic (exact) mass is 341 g/mol. The highest BCUT2D eigenvalue weighted by molar-refractivity contribution is 5.96. The number of nitrogens with one attached hydrogen (secondary N) is 1. The molecule has 2 heterocycles. The van der Waals surface area contributed by atoms with Crippen LogP contribution < -0.4 is 11.1 Å². The summed E-state index contributed by atoms with van der Waals surface area (Å²) in [5.41, 5.74) is 7.22. The van der Waals surface area contributed by atoms with Crippen LogP contribution in [0.4, 0.5) is 4.79 Å². The van der Waals surface area contributed by atoms with E-state index in [1.54, 1.807) is 0 Å². The van der Waals surface area contributed by atoms with E-state index in [0.29, 0.717) is 5.92 Å². The summed E-state index contributed by atoms with van der Waals surface area (Å²) in [6, 6.07) is 10.2. The number of hydrogen-bond acceptors (Lipinski definition) is 4. The second-order valence-corrected chi connectivity index (χ2v) is 6.36. The molecule has 3 amide bonds. The van der Waals surface area contributed by atoms with Crippen LogP contribution in [0.5, 0.6) is 0 Å². The number of nitrogens with zero attached hydrogens (tertiary/aromatic N) is 3. The standard InChI is InChI=1S/C18H23N5O2/c1-22-15(7-10-20-22)13-8-11-23(12-9-13)16(17(24)21-18(19)25)14-5-3-2-4-6-14/h2-7,10,13,16H,8-9,11-12H2,1H3,(H3,19,21,24,25)/t16-/m1/s1. The lowest BCUT2D eigenvalue weighted by atomic mass is 9.91. The number of benzene rings is 1. The Kier molecular flexibility index (Phi) is 5.14. The molecule has 0 saturated carbocycles. The lowest BCUT2D eigenvalue weighted by Gasteiger charge is -2.36. The summed E-state index contributed by atoms with van der Waals surface area (Å²) < 4.78 is 1.91. The molecule has 1 aliphatic rings. The predicted octanol–water partition coefficient (Wildman–Crippen LogP) is 1.54. The normalized spacial score (nSPS) is 17.2. The maximum atomic E-state index is 12.5. The Hall–Kier alpha value is -2.67. The number of carbonyl (C=O) groups excluding carboxylic acids is 2. The molecule has 3 rings (SSSR count). The van der Waals surface area contributed by atoms with Crippen molar-refractivity contribution in [2.24, 2.45) is 12.8 Å². The lowest BCUT2D eigenvalue weighted by molar-refractivity contribution is -0.126. The Morgan fingerprint density at radius 2 is 1.88 bits per heavy atom. The van der Waals surface area contributed by atoms with Crippen molar-refractivity contribution in [1.29, 1.82) is 0 Å². The minimum atomic E-state index is -0.823. The number of aryl methyl sites for hydroxylation is 1. The minimum Gasteiger partial charge on any atom is -0.351 e. The number of aromatic nitrogens is 2. The van der Waals surface area contributed by atoms with Crippen LogP contribution in [-0.2, 0) is 11.8 Å². The zero-order valence-electron chi connectivity index (χ0n) is 14.3. The van der Waals surface area contributed by atoms with Crippen LogP contribution in [0, 0.1) is 0 Å². The third-order valence-electron chi connectivity index (χ3n) is 4.78. The van der Waals surface area contributed by atoms with Crippen LogP contribution in [0.2, 0.25) is 0 Å². The van der Waals surface area contributed by atoms with Crippen molar-refractivity contribution >= 4 is 11.9 Å². The van der Waals surface area contributed by atoms with E-state index < -0.39 is 12.1 Å². The van der Waals surface area contributed by atoms with Gasteiger partial charge in [-0.2, -0.15) is 5.10 Å². The number of nitrogens with two attached hydrogens (primary N) is 1. The molecule has 132 valence electrons. The van der Waals surface area contributed by atoms with Gasteiger partial charge >= 0.3 is 6.03 Å². The van der Waals surface area contributed by atoms with E-state index in [1.807, 2.05) is 48.3 Å². The maximum Gasteiger partial charge on any atom is 0.318 e. The van der Waals surface area contributed by atoms with Crippen molar-refractivity contribution in [1.82, 2.24) is 20.0 Å². The Bertz CT molecular complexity index is 735. The highest BCUT2D eigenvalue weighted by Crippen LogP contribution is 2.32. The van der Waals surface area contributed by atoms with Gasteiger partial charge in [0, 0.05) is 24.9 Å². The van der Waals surface area contributed by atoms with Gasteiger partial charge in [0.2, 0.25) is 5.91 Å². The molecule has 0 radical (unpaired) electrons. The van der Waals surface area contributed by atoms with Crippen LogP contribution in [0.3, 0.4) is 0 Å². The highest BCUT2D eigenvalue weighted by atomic mass is 16.2. The number of piperidine rings is 1. The fourth-order valence-corrected chi connectivity index (χ4v) is 3.59. The summed E-state index contributed by atoms with van der Waals surface area (Å²) >= 11 is 0. The van der Waals surface area contributed by atoms with Crippen molar-refractivity contribution < 1.29 is 9.59 Å². The third kappa shape index (κ3) is 3.88. The molecule has 0 aliphatic carbocycles. The zero-order valence-corrected chi connectivity index (χ0v) is 14.3. The van der Waals surface area contributed by atoms with Gasteiger partial charge in [-0.15, -0.1) is 0 Å². The molecular weight excluding hydrogens is 318 g/mol. The van der Waals surface area contributed by atoms with Gasteiger partial charge in [0.15, 0.2) is 0 Å². The van der Waals surface area contributed by atoms with Crippen molar-refractivity contribution in [3.05, 3.63) is 53.9 Å². The van der Waals surface area contributed by atoms with Crippen LogP contribution >= 0.6 is 0 Å². The first-order valence-corrected chi connectivity index (χ1v) is 8.43. The third-order valence-corrected chi connectivity index (χ3v) is 4.78. The average Bonchev–Trinajstić information content (AvgIpc) is 3.02. The molecule has 7 nitrogen and oxygen atoms in total. The van der Waals surface area contributed by atoms with Gasteiger partial charge in [-0.1, -0.05) is 30.3 Å². The minimum absolute atomic E-state index is 0.377. The van der Waals surface area contributed by atoms with Gasteiger partial charge in [0.05, 0.1) is 0 Å². The van der Waals surface area contributed by atoms with Gasteiger partial charge in [-0.3, -0.25) is 19.7 Å². The number of urea groups is 1. The quantitative estimate of drug-likeness (QED) is 0.882. The summed E-state index contributed by atoms with van der Waals surface area (Å²) in [4.78, 5) is 25.8.